The number of fused-ring (bicyclic) bond motifs is 1. The van der Waals surface area contributed by atoms with Gasteiger partial charge in [0.25, 0.3) is 0 Å². The summed E-state index contributed by atoms with van der Waals surface area (Å²) in [4.78, 5) is 0. The highest BCUT2D eigenvalue weighted by Crippen LogP contribution is 2.34. The van der Waals surface area contributed by atoms with E-state index in [1.165, 1.54) is 22.3 Å². The van der Waals surface area contributed by atoms with Crippen molar-refractivity contribution in [2.24, 2.45) is 0 Å². The SMILES string of the molecule is Cc1ccc([C@H](C)NC2CCc3cc(O)ccc32)cc1. The number of nitrogens with one attached hydrogen (secondary N) is 1. The standard InChI is InChI=1S/C18H21NO/c1-12-3-5-14(6-4-12)13(2)19-18-10-7-15-11-16(20)8-9-17(15)18/h3-6,8-9,11,13,18-20H,7,10H2,1-2H3/t13-,18?/m0/s1. The highest BCUT2D eigenvalue weighted by atomic mass is 16.3. The Morgan fingerprint density at radius 3 is 2.65 bits per heavy atom. The molecule has 0 aliphatic heterocycles. The Labute approximate surface area is 120 Å². The second kappa shape index (κ2) is 5.29. The van der Waals surface area contributed by atoms with Crippen LogP contribution < -0.4 is 5.32 Å². The zero-order valence-electron chi connectivity index (χ0n) is 12.1. The van der Waals surface area contributed by atoms with Gasteiger partial charge in [0.15, 0.2) is 0 Å². The fourth-order valence-corrected chi connectivity index (χ4v) is 3.03. The largest absolute Gasteiger partial charge is 0.508 e. The molecular weight excluding hydrogens is 246 g/mol. The van der Waals surface area contributed by atoms with Gasteiger partial charge < -0.3 is 10.4 Å². The van der Waals surface area contributed by atoms with Crippen LogP contribution in [-0.2, 0) is 6.42 Å². The molecule has 104 valence electrons. The van der Waals surface area contributed by atoms with E-state index in [4.69, 9.17) is 0 Å². The minimum Gasteiger partial charge on any atom is -0.508 e. The number of rotatable bonds is 3. The second-order valence-electron chi connectivity index (χ2n) is 5.77. The molecule has 0 saturated heterocycles. The van der Waals surface area contributed by atoms with E-state index in [-0.39, 0.29) is 0 Å². The van der Waals surface area contributed by atoms with Crippen LogP contribution in [-0.4, -0.2) is 5.11 Å². The molecule has 1 aliphatic carbocycles. The molecule has 0 bridgehead atoms. The van der Waals surface area contributed by atoms with Crippen molar-refractivity contribution in [3.63, 3.8) is 0 Å². The fourth-order valence-electron chi connectivity index (χ4n) is 3.03. The van der Waals surface area contributed by atoms with Crippen molar-refractivity contribution >= 4 is 0 Å². The highest BCUT2D eigenvalue weighted by molar-refractivity contribution is 5.40. The molecule has 3 rings (SSSR count). The molecule has 0 radical (unpaired) electrons. The monoisotopic (exact) mass is 267 g/mol. The van der Waals surface area contributed by atoms with Crippen LogP contribution in [0.1, 0.15) is 47.7 Å². The molecule has 2 aromatic rings. The molecule has 0 amide bonds. The van der Waals surface area contributed by atoms with Crippen LogP contribution in [0.3, 0.4) is 0 Å². The number of aryl methyl sites for hydroxylation is 2. The number of aromatic hydroxyl groups is 1. The van der Waals surface area contributed by atoms with Gasteiger partial charge in [0.1, 0.15) is 5.75 Å². The van der Waals surface area contributed by atoms with Gasteiger partial charge in [-0.2, -0.15) is 0 Å². The van der Waals surface area contributed by atoms with Crippen LogP contribution in [0.4, 0.5) is 0 Å². The quantitative estimate of drug-likeness (QED) is 0.879. The molecular formula is C18H21NO. The number of phenolic OH excluding ortho intramolecular Hbond substituents is 1. The predicted octanol–water partition coefficient (Wildman–Crippen LogP) is 4.04. The maximum absolute atomic E-state index is 9.55. The third kappa shape index (κ3) is 2.56. The summed E-state index contributed by atoms with van der Waals surface area (Å²) in [5, 5.41) is 13.3. The first-order valence-corrected chi connectivity index (χ1v) is 7.28. The van der Waals surface area contributed by atoms with Gasteiger partial charge in [-0.1, -0.05) is 35.9 Å². The average Bonchev–Trinajstić information content (AvgIpc) is 2.81. The van der Waals surface area contributed by atoms with Crippen molar-refractivity contribution in [2.45, 2.75) is 38.8 Å². The Balaban J connectivity index is 1.75. The molecule has 2 aromatic carbocycles. The zero-order chi connectivity index (χ0) is 14.1. The Morgan fingerprint density at radius 1 is 1.15 bits per heavy atom. The summed E-state index contributed by atoms with van der Waals surface area (Å²) in [6.07, 6.45) is 2.15. The van der Waals surface area contributed by atoms with Crippen molar-refractivity contribution in [1.29, 1.82) is 0 Å². The Hall–Kier alpha value is -1.80. The van der Waals surface area contributed by atoms with Crippen molar-refractivity contribution in [1.82, 2.24) is 5.32 Å². The fraction of sp³-hybridized carbons (Fsp3) is 0.333. The summed E-state index contributed by atoms with van der Waals surface area (Å²) in [6, 6.07) is 15.2. The van der Waals surface area contributed by atoms with E-state index in [0.717, 1.165) is 12.8 Å². The summed E-state index contributed by atoms with van der Waals surface area (Å²) >= 11 is 0. The molecule has 20 heavy (non-hydrogen) atoms. The summed E-state index contributed by atoms with van der Waals surface area (Å²) < 4.78 is 0. The highest BCUT2D eigenvalue weighted by Gasteiger charge is 2.24. The van der Waals surface area contributed by atoms with Crippen molar-refractivity contribution < 1.29 is 5.11 Å². The van der Waals surface area contributed by atoms with Crippen molar-refractivity contribution in [3.8, 4) is 5.75 Å². The van der Waals surface area contributed by atoms with E-state index < -0.39 is 0 Å². The minimum absolute atomic E-state index is 0.334. The molecule has 0 heterocycles. The van der Waals surface area contributed by atoms with E-state index >= 15 is 0 Å². The molecule has 0 fully saturated rings. The van der Waals surface area contributed by atoms with Crippen molar-refractivity contribution in [2.75, 3.05) is 0 Å². The predicted molar refractivity (Wildman–Crippen MR) is 81.9 cm³/mol. The average molecular weight is 267 g/mol. The third-order valence-electron chi connectivity index (χ3n) is 4.23. The lowest BCUT2D eigenvalue weighted by Crippen LogP contribution is -2.22. The van der Waals surface area contributed by atoms with Gasteiger partial charge >= 0.3 is 0 Å². The molecule has 2 atom stereocenters. The number of hydrogen-bond acceptors (Lipinski definition) is 2. The van der Waals surface area contributed by atoms with Crippen LogP contribution in [0, 0.1) is 6.92 Å². The molecule has 0 aromatic heterocycles. The summed E-state index contributed by atoms with van der Waals surface area (Å²) in [5.74, 6) is 0.371. The van der Waals surface area contributed by atoms with Crippen LogP contribution in [0.5, 0.6) is 5.75 Å². The molecule has 2 heteroatoms. The summed E-state index contributed by atoms with van der Waals surface area (Å²) in [6.45, 7) is 4.32. The zero-order valence-corrected chi connectivity index (χ0v) is 12.1. The van der Waals surface area contributed by atoms with Gasteiger partial charge in [0.05, 0.1) is 0 Å². The Bertz CT molecular complexity index is 603. The molecule has 0 saturated carbocycles. The molecule has 0 spiro atoms. The second-order valence-corrected chi connectivity index (χ2v) is 5.77. The van der Waals surface area contributed by atoms with Crippen LogP contribution in [0.25, 0.3) is 0 Å². The smallest absolute Gasteiger partial charge is 0.115 e. The maximum Gasteiger partial charge on any atom is 0.115 e. The van der Waals surface area contributed by atoms with E-state index in [1.54, 1.807) is 6.07 Å². The number of benzene rings is 2. The van der Waals surface area contributed by atoms with Crippen LogP contribution in [0.15, 0.2) is 42.5 Å². The van der Waals surface area contributed by atoms with E-state index in [2.05, 4.69) is 49.5 Å². The minimum atomic E-state index is 0.334. The lowest BCUT2D eigenvalue weighted by molar-refractivity contribution is 0.464. The first kappa shape index (κ1) is 13.2. The van der Waals surface area contributed by atoms with Gasteiger partial charge in [0.2, 0.25) is 0 Å². The lowest BCUT2D eigenvalue weighted by atomic mass is 10.0. The van der Waals surface area contributed by atoms with Gasteiger partial charge in [-0.05, 0) is 55.5 Å². The molecule has 2 N–H and O–H groups in total. The van der Waals surface area contributed by atoms with Crippen LogP contribution in [0.2, 0.25) is 0 Å². The summed E-state index contributed by atoms with van der Waals surface area (Å²) in [7, 11) is 0. The topological polar surface area (TPSA) is 32.3 Å². The molecule has 1 aliphatic rings. The van der Waals surface area contributed by atoms with Gasteiger partial charge in [-0.15, -0.1) is 0 Å². The summed E-state index contributed by atoms with van der Waals surface area (Å²) in [5.41, 5.74) is 5.23. The Morgan fingerprint density at radius 2 is 1.90 bits per heavy atom. The Kier molecular flexibility index (Phi) is 3.49. The van der Waals surface area contributed by atoms with Gasteiger partial charge in [-0.3, -0.25) is 0 Å². The number of hydrogen-bond donors (Lipinski definition) is 2. The van der Waals surface area contributed by atoms with E-state index in [9.17, 15) is 5.11 Å². The maximum atomic E-state index is 9.55. The van der Waals surface area contributed by atoms with E-state index in [0.29, 0.717) is 17.8 Å². The van der Waals surface area contributed by atoms with E-state index in [1.807, 2.05) is 6.07 Å². The first-order chi connectivity index (χ1) is 9.63. The third-order valence-corrected chi connectivity index (χ3v) is 4.23. The number of phenols is 1. The first-order valence-electron chi connectivity index (χ1n) is 7.28. The van der Waals surface area contributed by atoms with Gasteiger partial charge in [-0.25, -0.2) is 0 Å². The molecule has 1 unspecified atom stereocenters. The van der Waals surface area contributed by atoms with Crippen molar-refractivity contribution in [3.05, 3.63) is 64.7 Å². The van der Waals surface area contributed by atoms with Crippen LogP contribution >= 0.6 is 0 Å². The normalized spacial score (nSPS) is 18.8. The van der Waals surface area contributed by atoms with Gasteiger partial charge in [0, 0.05) is 12.1 Å². The lowest BCUT2D eigenvalue weighted by Gasteiger charge is -2.21. The molecule has 2 nitrogen and oxygen atoms in total.